The number of aliphatic imine (C=N–C) groups is 1. The van der Waals surface area contributed by atoms with Gasteiger partial charge in [-0.15, -0.1) is 0 Å². The predicted molar refractivity (Wildman–Crippen MR) is 64.6 cm³/mol. The molecule has 0 saturated heterocycles. The number of benzene rings is 1. The van der Waals surface area contributed by atoms with E-state index in [2.05, 4.69) is 22.2 Å². The monoisotopic (exact) mass is 228 g/mol. The van der Waals surface area contributed by atoms with Gasteiger partial charge < -0.3 is 10.0 Å². The molecule has 3 rings (SSSR count). The molecule has 17 heavy (non-hydrogen) atoms. The Kier molecular flexibility index (Phi) is 2.21. The highest BCUT2D eigenvalue weighted by Crippen LogP contribution is 2.28. The second-order valence-electron chi connectivity index (χ2n) is 4.29. The second kappa shape index (κ2) is 3.73. The molecule has 1 aromatic carbocycles. The summed E-state index contributed by atoms with van der Waals surface area (Å²) in [5.41, 5.74) is 2.13. The van der Waals surface area contributed by atoms with E-state index in [-0.39, 0.29) is 0 Å². The summed E-state index contributed by atoms with van der Waals surface area (Å²) in [6, 6.07) is 5.44. The minimum atomic E-state index is -0.910. The van der Waals surface area contributed by atoms with Crippen molar-refractivity contribution in [2.24, 2.45) is 4.99 Å². The fraction of sp³-hybridized carbons (Fsp3) is 0.231. The molecule has 0 spiro atoms. The Hall–Kier alpha value is -2.10. The van der Waals surface area contributed by atoms with E-state index in [0.29, 0.717) is 11.6 Å². The lowest BCUT2D eigenvalue weighted by Crippen LogP contribution is -2.26. The summed E-state index contributed by atoms with van der Waals surface area (Å²) in [5, 5.41) is 8.94. The minimum absolute atomic E-state index is 0.290. The summed E-state index contributed by atoms with van der Waals surface area (Å²) in [4.78, 5) is 17.5. The molecule has 1 aromatic rings. The van der Waals surface area contributed by atoms with Crippen LogP contribution in [0.4, 0.5) is 5.69 Å². The quantitative estimate of drug-likeness (QED) is 0.801. The first-order chi connectivity index (χ1) is 8.24. The minimum Gasteiger partial charge on any atom is -0.478 e. The van der Waals surface area contributed by atoms with Crippen molar-refractivity contribution < 1.29 is 9.90 Å². The van der Waals surface area contributed by atoms with Crippen LogP contribution in [0.3, 0.4) is 0 Å². The Labute approximate surface area is 98.9 Å². The normalized spacial score (nSPS) is 20.9. The highest BCUT2D eigenvalue weighted by atomic mass is 16.4. The molecule has 0 amide bonds. The first kappa shape index (κ1) is 10.1. The SMILES string of the molecule is O=C(O)c1ccc2c(c1)N=CC1CC=CN1C2. The van der Waals surface area contributed by atoms with Crippen molar-refractivity contribution in [3.63, 3.8) is 0 Å². The molecule has 2 heterocycles. The number of hydrogen-bond donors (Lipinski definition) is 1. The van der Waals surface area contributed by atoms with E-state index in [1.807, 2.05) is 12.3 Å². The third-order valence-corrected chi connectivity index (χ3v) is 3.17. The molecule has 0 radical (unpaired) electrons. The number of hydrogen-bond acceptors (Lipinski definition) is 3. The van der Waals surface area contributed by atoms with E-state index in [9.17, 15) is 4.79 Å². The van der Waals surface area contributed by atoms with E-state index >= 15 is 0 Å². The maximum absolute atomic E-state index is 10.9. The van der Waals surface area contributed by atoms with Gasteiger partial charge in [-0.25, -0.2) is 4.79 Å². The van der Waals surface area contributed by atoms with E-state index < -0.39 is 5.97 Å². The van der Waals surface area contributed by atoms with Crippen LogP contribution in [0.15, 0.2) is 35.5 Å². The van der Waals surface area contributed by atoms with Crippen molar-refractivity contribution in [2.75, 3.05) is 0 Å². The Morgan fingerprint density at radius 2 is 2.35 bits per heavy atom. The van der Waals surface area contributed by atoms with Gasteiger partial charge in [-0.05, 0) is 30.3 Å². The van der Waals surface area contributed by atoms with Gasteiger partial charge in [-0.2, -0.15) is 0 Å². The maximum Gasteiger partial charge on any atom is 0.335 e. The molecule has 0 bridgehead atoms. The average Bonchev–Trinajstić information content (AvgIpc) is 2.68. The summed E-state index contributed by atoms with van der Waals surface area (Å²) in [6.45, 7) is 0.788. The average molecular weight is 228 g/mol. The Balaban J connectivity index is 2.02. The molecule has 0 aromatic heterocycles. The molecule has 4 nitrogen and oxygen atoms in total. The molecule has 1 unspecified atom stereocenters. The number of rotatable bonds is 1. The highest BCUT2D eigenvalue weighted by Gasteiger charge is 2.21. The number of carboxylic acids is 1. The van der Waals surface area contributed by atoms with Gasteiger partial charge in [-0.3, -0.25) is 4.99 Å². The largest absolute Gasteiger partial charge is 0.478 e. The fourth-order valence-corrected chi connectivity index (χ4v) is 2.21. The van der Waals surface area contributed by atoms with Gasteiger partial charge in [0.2, 0.25) is 0 Å². The number of carbonyl (C=O) groups is 1. The summed E-state index contributed by atoms with van der Waals surface area (Å²) in [7, 11) is 0. The molecule has 0 aliphatic carbocycles. The molecule has 1 atom stereocenters. The fourth-order valence-electron chi connectivity index (χ4n) is 2.21. The van der Waals surface area contributed by atoms with Gasteiger partial charge in [0.1, 0.15) is 0 Å². The zero-order valence-electron chi connectivity index (χ0n) is 9.21. The Morgan fingerprint density at radius 3 is 3.18 bits per heavy atom. The van der Waals surface area contributed by atoms with Crippen LogP contribution in [0.2, 0.25) is 0 Å². The van der Waals surface area contributed by atoms with Gasteiger partial charge in [-0.1, -0.05) is 12.1 Å². The number of fused-ring (bicyclic) bond motifs is 2. The standard InChI is InChI=1S/C13H12N2O2/c16-13(17)9-3-4-10-8-15-5-1-2-11(15)7-14-12(10)6-9/h1,3-7,11H,2,8H2,(H,16,17). The Bertz CT molecular complexity index is 534. The first-order valence-electron chi connectivity index (χ1n) is 5.57. The summed E-state index contributed by atoms with van der Waals surface area (Å²) < 4.78 is 0. The van der Waals surface area contributed by atoms with Gasteiger partial charge in [0.05, 0.1) is 17.3 Å². The number of nitrogens with zero attached hydrogens (tertiary/aromatic N) is 2. The predicted octanol–water partition coefficient (Wildman–Crippen LogP) is 2.19. The molecular weight excluding hydrogens is 216 g/mol. The first-order valence-corrected chi connectivity index (χ1v) is 5.57. The molecule has 0 saturated carbocycles. The van der Waals surface area contributed by atoms with Crippen molar-refractivity contribution in [1.29, 1.82) is 0 Å². The molecule has 0 fully saturated rings. The van der Waals surface area contributed by atoms with Crippen LogP contribution >= 0.6 is 0 Å². The zero-order valence-corrected chi connectivity index (χ0v) is 9.21. The second-order valence-corrected chi connectivity index (χ2v) is 4.29. The van der Waals surface area contributed by atoms with E-state index in [1.54, 1.807) is 12.1 Å². The highest BCUT2D eigenvalue weighted by molar-refractivity contribution is 5.89. The molecular formula is C13H12N2O2. The molecule has 2 aliphatic rings. The van der Waals surface area contributed by atoms with Gasteiger partial charge in [0.15, 0.2) is 0 Å². The summed E-state index contributed by atoms with van der Waals surface area (Å²) in [5.74, 6) is -0.910. The van der Waals surface area contributed by atoms with Crippen LogP contribution in [-0.4, -0.2) is 28.2 Å². The third-order valence-electron chi connectivity index (χ3n) is 3.17. The van der Waals surface area contributed by atoms with Crippen molar-refractivity contribution in [2.45, 2.75) is 19.0 Å². The number of aromatic carboxylic acids is 1. The van der Waals surface area contributed by atoms with Gasteiger partial charge >= 0.3 is 5.97 Å². The van der Waals surface area contributed by atoms with E-state index in [1.165, 1.54) is 0 Å². The molecule has 4 heteroatoms. The smallest absolute Gasteiger partial charge is 0.335 e. The van der Waals surface area contributed by atoms with Crippen LogP contribution < -0.4 is 0 Å². The van der Waals surface area contributed by atoms with Crippen LogP contribution in [0.1, 0.15) is 22.3 Å². The third kappa shape index (κ3) is 1.71. The van der Waals surface area contributed by atoms with Crippen molar-refractivity contribution in [3.8, 4) is 0 Å². The lowest BCUT2D eigenvalue weighted by molar-refractivity contribution is 0.0697. The molecule has 1 N–H and O–H groups in total. The van der Waals surface area contributed by atoms with Gasteiger partial charge in [0.25, 0.3) is 0 Å². The van der Waals surface area contributed by atoms with Crippen molar-refractivity contribution in [3.05, 3.63) is 41.6 Å². The molecule has 86 valence electrons. The van der Waals surface area contributed by atoms with Crippen LogP contribution in [0, 0.1) is 0 Å². The lowest BCUT2D eigenvalue weighted by Gasteiger charge is -2.20. The van der Waals surface area contributed by atoms with Crippen LogP contribution in [-0.2, 0) is 6.54 Å². The number of carboxylic acid groups (broad SMARTS) is 1. The van der Waals surface area contributed by atoms with Crippen molar-refractivity contribution in [1.82, 2.24) is 4.90 Å². The topological polar surface area (TPSA) is 52.9 Å². The lowest BCUT2D eigenvalue weighted by atomic mass is 10.1. The van der Waals surface area contributed by atoms with Crippen LogP contribution in [0.25, 0.3) is 0 Å². The van der Waals surface area contributed by atoms with E-state index in [4.69, 9.17) is 5.11 Å². The Morgan fingerprint density at radius 1 is 1.47 bits per heavy atom. The molecule has 2 aliphatic heterocycles. The van der Waals surface area contributed by atoms with E-state index in [0.717, 1.165) is 24.2 Å². The summed E-state index contributed by atoms with van der Waals surface area (Å²) in [6.07, 6.45) is 7.09. The van der Waals surface area contributed by atoms with Crippen molar-refractivity contribution >= 4 is 17.9 Å². The zero-order chi connectivity index (χ0) is 11.8. The van der Waals surface area contributed by atoms with Gasteiger partial charge in [0, 0.05) is 12.8 Å². The van der Waals surface area contributed by atoms with Crippen LogP contribution in [0.5, 0.6) is 0 Å². The summed E-state index contributed by atoms with van der Waals surface area (Å²) >= 11 is 0. The maximum atomic E-state index is 10.9.